The fraction of sp³-hybridized carbons (Fsp3) is 0. The van der Waals surface area contributed by atoms with Crippen LogP contribution >= 0.6 is 11.3 Å². The summed E-state index contributed by atoms with van der Waals surface area (Å²) < 4.78 is 1.63. The molecule has 3 aromatic rings. The van der Waals surface area contributed by atoms with Crippen LogP contribution in [0.5, 0.6) is 0 Å². The van der Waals surface area contributed by atoms with Gasteiger partial charge in [-0.15, -0.1) is 11.3 Å². The van der Waals surface area contributed by atoms with Crippen molar-refractivity contribution < 1.29 is 0 Å². The van der Waals surface area contributed by atoms with Gasteiger partial charge in [0.25, 0.3) is 0 Å². The summed E-state index contributed by atoms with van der Waals surface area (Å²) >= 11 is 1.47. The van der Waals surface area contributed by atoms with Crippen molar-refractivity contribution >= 4 is 17.2 Å². The first-order valence-electron chi connectivity index (χ1n) is 4.87. The molecule has 0 unspecified atom stereocenters. The Morgan fingerprint density at radius 1 is 1.24 bits per heavy atom. The van der Waals surface area contributed by atoms with Gasteiger partial charge in [-0.2, -0.15) is 5.10 Å². The van der Waals surface area contributed by atoms with E-state index in [0.717, 1.165) is 5.01 Å². The second-order valence-electron chi connectivity index (χ2n) is 3.26. The third-order valence-corrected chi connectivity index (χ3v) is 2.86. The van der Waals surface area contributed by atoms with E-state index in [4.69, 9.17) is 5.73 Å². The average Bonchev–Trinajstić information content (AvgIpc) is 3.02. The highest BCUT2D eigenvalue weighted by atomic mass is 32.1. The van der Waals surface area contributed by atoms with E-state index in [2.05, 4.69) is 20.1 Å². The minimum absolute atomic E-state index is 0.399. The maximum Gasteiger partial charge on any atom is 0.192 e. The van der Waals surface area contributed by atoms with Gasteiger partial charge in [0.15, 0.2) is 16.6 Å². The Hall–Kier alpha value is -2.28. The molecule has 84 valence electrons. The summed E-state index contributed by atoms with van der Waals surface area (Å²) in [6, 6.07) is 3.49. The molecule has 0 aliphatic carbocycles. The van der Waals surface area contributed by atoms with Gasteiger partial charge in [0.1, 0.15) is 5.82 Å². The normalized spacial score (nSPS) is 10.6. The molecule has 2 N–H and O–H groups in total. The Morgan fingerprint density at radius 2 is 2.18 bits per heavy atom. The molecule has 17 heavy (non-hydrogen) atoms. The summed E-state index contributed by atoms with van der Waals surface area (Å²) in [5.74, 6) is 1.55. The fourth-order valence-electron chi connectivity index (χ4n) is 1.40. The molecule has 6 nitrogen and oxygen atoms in total. The first kappa shape index (κ1) is 9.91. The summed E-state index contributed by atoms with van der Waals surface area (Å²) in [4.78, 5) is 12.7. The molecule has 3 heterocycles. The molecule has 3 rings (SSSR count). The molecule has 0 atom stereocenters. The van der Waals surface area contributed by atoms with Gasteiger partial charge in [-0.25, -0.2) is 19.6 Å². The van der Waals surface area contributed by atoms with Gasteiger partial charge in [0.2, 0.25) is 0 Å². The van der Waals surface area contributed by atoms with Crippen molar-refractivity contribution in [3.63, 3.8) is 0 Å². The number of hydrogen-bond donors (Lipinski definition) is 1. The van der Waals surface area contributed by atoms with Crippen LogP contribution in [0.1, 0.15) is 0 Å². The number of anilines is 1. The molecule has 0 aliphatic rings. The van der Waals surface area contributed by atoms with Crippen LogP contribution in [0.4, 0.5) is 5.82 Å². The highest BCUT2D eigenvalue weighted by molar-refractivity contribution is 7.13. The Bertz CT molecular complexity index is 564. The molecule has 0 saturated carbocycles. The zero-order chi connectivity index (χ0) is 11.7. The highest BCUT2D eigenvalue weighted by Gasteiger charge is 2.08. The van der Waals surface area contributed by atoms with E-state index in [0.29, 0.717) is 17.5 Å². The second-order valence-corrected chi connectivity index (χ2v) is 4.16. The molecule has 0 bridgehead atoms. The lowest BCUT2D eigenvalue weighted by molar-refractivity contribution is 0.842. The van der Waals surface area contributed by atoms with Crippen LogP contribution in [0.3, 0.4) is 0 Å². The average molecular weight is 244 g/mol. The molecule has 0 aliphatic heterocycles. The fourth-order valence-corrected chi connectivity index (χ4v) is 1.97. The first-order chi connectivity index (χ1) is 8.33. The minimum Gasteiger partial charge on any atom is -0.384 e. The van der Waals surface area contributed by atoms with Crippen LogP contribution in [0.25, 0.3) is 16.6 Å². The van der Waals surface area contributed by atoms with Crippen LogP contribution < -0.4 is 5.73 Å². The van der Waals surface area contributed by atoms with Gasteiger partial charge in [-0.05, 0) is 6.07 Å². The number of thiazole rings is 1. The number of nitrogens with zero attached hydrogens (tertiary/aromatic N) is 5. The molecule has 3 aromatic heterocycles. The second kappa shape index (κ2) is 3.95. The lowest BCUT2D eigenvalue weighted by Crippen LogP contribution is -2.03. The van der Waals surface area contributed by atoms with Crippen molar-refractivity contribution in [1.29, 1.82) is 0 Å². The van der Waals surface area contributed by atoms with Crippen LogP contribution in [0.15, 0.2) is 36.1 Å². The van der Waals surface area contributed by atoms with E-state index < -0.39 is 0 Å². The Balaban J connectivity index is 2.13. The SMILES string of the molecule is Nc1cc(-n2cccn2)nc(-c2nccs2)n1. The third kappa shape index (κ3) is 1.87. The number of hydrogen-bond acceptors (Lipinski definition) is 6. The predicted octanol–water partition coefficient (Wildman–Crippen LogP) is 1.37. The van der Waals surface area contributed by atoms with E-state index in [9.17, 15) is 0 Å². The smallest absolute Gasteiger partial charge is 0.192 e. The van der Waals surface area contributed by atoms with Crippen molar-refractivity contribution in [2.24, 2.45) is 0 Å². The van der Waals surface area contributed by atoms with E-state index >= 15 is 0 Å². The molecule has 7 heteroatoms. The number of aromatic nitrogens is 5. The van der Waals surface area contributed by atoms with Gasteiger partial charge >= 0.3 is 0 Å². The topological polar surface area (TPSA) is 82.5 Å². The van der Waals surface area contributed by atoms with Gasteiger partial charge in [0, 0.05) is 30.0 Å². The highest BCUT2D eigenvalue weighted by Crippen LogP contribution is 2.20. The van der Waals surface area contributed by atoms with Crippen molar-refractivity contribution in [3.8, 4) is 16.6 Å². The molecular weight excluding hydrogens is 236 g/mol. The lowest BCUT2D eigenvalue weighted by Gasteiger charge is -2.03. The monoisotopic (exact) mass is 244 g/mol. The lowest BCUT2D eigenvalue weighted by atomic mass is 10.5. The van der Waals surface area contributed by atoms with Crippen molar-refractivity contribution in [2.75, 3.05) is 5.73 Å². The van der Waals surface area contributed by atoms with Crippen molar-refractivity contribution in [3.05, 3.63) is 36.1 Å². The van der Waals surface area contributed by atoms with Gasteiger partial charge in [0.05, 0.1) is 0 Å². The standard InChI is InChI=1S/C10H8N6S/c11-7-6-8(16-4-1-2-13-16)15-9(14-7)10-12-3-5-17-10/h1-6H,(H2,11,14,15). The van der Waals surface area contributed by atoms with E-state index in [1.807, 2.05) is 11.4 Å². The van der Waals surface area contributed by atoms with E-state index in [1.165, 1.54) is 11.3 Å². The zero-order valence-electron chi connectivity index (χ0n) is 8.69. The van der Waals surface area contributed by atoms with Crippen LogP contribution in [0, 0.1) is 0 Å². The van der Waals surface area contributed by atoms with E-state index in [-0.39, 0.29) is 0 Å². The predicted molar refractivity (Wildman–Crippen MR) is 64.7 cm³/mol. The van der Waals surface area contributed by atoms with Gasteiger partial charge < -0.3 is 5.73 Å². The number of rotatable bonds is 2. The van der Waals surface area contributed by atoms with Crippen molar-refractivity contribution in [1.82, 2.24) is 24.7 Å². The number of nitrogen functional groups attached to an aromatic ring is 1. The van der Waals surface area contributed by atoms with Gasteiger partial charge in [-0.1, -0.05) is 0 Å². The maximum absolute atomic E-state index is 5.76. The molecule has 0 saturated heterocycles. The summed E-state index contributed by atoms with van der Waals surface area (Å²) in [5, 5.41) is 6.72. The Kier molecular flexibility index (Phi) is 2.30. The minimum atomic E-state index is 0.399. The molecule has 0 spiro atoms. The van der Waals surface area contributed by atoms with Crippen LogP contribution in [-0.2, 0) is 0 Å². The van der Waals surface area contributed by atoms with Gasteiger partial charge in [-0.3, -0.25) is 0 Å². The molecule has 0 fully saturated rings. The Labute approximate surface area is 101 Å². The molecular formula is C10H8N6S. The largest absolute Gasteiger partial charge is 0.384 e. The Morgan fingerprint density at radius 3 is 2.88 bits per heavy atom. The molecule has 0 radical (unpaired) electrons. The van der Waals surface area contributed by atoms with Crippen molar-refractivity contribution in [2.45, 2.75) is 0 Å². The van der Waals surface area contributed by atoms with E-state index in [1.54, 1.807) is 29.3 Å². The number of nitrogens with two attached hydrogens (primary N) is 1. The molecule has 0 amide bonds. The quantitative estimate of drug-likeness (QED) is 0.736. The first-order valence-corrected chi connectivity index (χ1v) is 5.75. The molecule has 0 aromatic carbocycles. The third-order valence-electron chi connectivity index (χ3n) is 2.10. The summed E-state index contributed by atoms with van der Waals surface area (Å²) in [7, 11) is 0. The van der Waals surface area contributed by atoms with Crippen LogP contribution in [-0.4, -0.2) is 24.7 Å². The summed E-state index contributed by atoms with van der Waals surface area (Å²) in [6.45, 7) is 0. The maximum atomic E-state index is 5.76. The summed E-state index contributed by atoms with van der Waals surface area (Å²) in [5.41, 5.74) is 5.76. The van der Waals surface area contributed by atoms with Crippen LogP contribution in [0.2, 0.25) is 0 Å². The zero-order valence-corrected chi connectivity index (χ0v) is 9.50. The summed E-state index contributed by atoms with van der Waals surface area (Å²) in [6.07, 6.45) is 5.19.